The molecular formula is C24H19ClFN3O. The van der Waals surface area contributed by atoms with Crippen LogP contribution in [0.25, 0.3) is 11.3 Å². The van der Waals surface area contributed by atoms with E-state index in [1.54, 1.807) is 16.8 Å². The number of nitrogens with zero attached hydrogens (tertiary/aromatic N) is 2. The molecule has 0 spiro atoms. The molecule has 1 aromatic heterocycles. The third kappa shape index (κ3) is 4.42. The zero-order chi connectivity index (χ0) is 20.9. The van der Waals surface area contributed by atoms with Gasteiger partial charge in [0.2, 0.25) is 0 Å². The van der Waals surface area contributed by atoms with E-state index in [0.717, 1.165) is 11.1 Å². The molecule has 1 N–H and O–H groups in total. The molecule has 6 heteroatoms. The van der Waals surface area contributed by atoms with Crippen LogP contribution in [0, 0.1) is 5.82 Å². The van der Waals surface area contributed by atoms with Crippen molar-refractivity contribution in [1.29, 1.82) is 0 Å². The number of benzene rings is 3. The predicted molar refractivity (Wildman–Crippen MR) is 116 cm³/mol. The molecule has 0 aliphatic carbocycles. The van der Waals surface area contributed by atoms with Crippen LogP contribution in [-0.4, -0.2) is 15.7 Å². The number of carbonyl (C=O) groups excluding carboxylic acids is 1. The maximum atomic E-state index is 13.4. The van der Waals surface area contributed by atoms with Crippen LogP contribution in [0.2, 0.25) is 5.02 Å². The number of carbonyl (C=O) groups is 1. The lowest BCUT2D eigenvalue weighted by Crippen LogP contribution is -2.23. The maximum Gasteiger partial charge on any atom is 0.273 e. The van der Waals surface area contributed by atoms with Crippen LogP contribution >= 0.6 is 11.6 Å². The SMILES string of the molecule is O=C(NCc1ccccc1)c1nn(Cc2ccccc2)c(-c2ccc(F)cc2)c1Cl. The summed E-state index contributed by atoms with van der Waals surface area (Å²) < 4.78 is 15.1. The Kier molecular flexibility index (Phi) is 5.91. The monoisotopic (exact) mass is 419 g/mol. The van der Waals surface area contributed by atoms with Crippen molar-refractivity contribution in [3.05, 3.63) is 113 Å². The topological polar surface area (TPSA) is 46.9 Å². The Morgan fingerprint density at radius 3 is 2.13 bits per heavy atom. The van der Waals surface area contributed by atoms with Crippen molar-refractivity contribution >= 4 is 17.5 Å². The van der Waals surface area contributed by atoms with Crippen molar-refractivity contribution < 1.29 is 9.18 Å². The molecule has 0 unspecified atom stereocenters. The first-order chi connectivity index (χ1) is 14.6. The van der Waals surface area contributed by atoms with Gasteiger partial charge >= 0.3 is 0 Å². The summed E-state index contributed by atoms with van der Waals surface area (Å²) in [5.41, 5.74) is 3.39. The second kappa shape index (κ2) is 8.93. The summed E-state index contributed by atoms with van der Waals surface area (Å²) in [6.45, 7) is 0.798. The second-order valence-corrected chi connectivity index (χ2v) is 7.21. The van der Waals surface area contributed by atoms with Gasteiger partial charge in [0.25, 0.3) is 5.91 Å². The molecule has 4 aromatic rings. The highest BCUT2D eigenvalue weighted by Crippen LogP contribution is 2.32. The van der Waals surface area contributed by atoms with E-state index in [9.17, 15) is 9.18 Å². The van der Waals surface area contributed by atoms with Crippen LogP contribution in [0.3, 0.4) is 0 Å². The number of nitrogens with one attached hydrogen (secondary N) is 1. The van der Waals surface area contributed by atoms with Crippen LogP contribution in [-0.2, 0) is 13.1 Å². The van der Waals surface area contributed by atoms with Crippen molar-refractivity contribution in [2.75, 3.05) is 0 Å². The van der Waals surface area contributed by atoms with E-state index in [0.29, 0.717) is 24.3 Å². The Morgan fingerprint density at radius 2 is 1.50 bits per heavy atom. The molecule has 0 aliphatic heterocycles. The van der Waals surface area contributed by atoms with Gasteiger partial charge in [0, 0.05) is 12.1 Å². The quantitative estimate of drug-likeness (QED) is 0.459. The van der Waals surface area contributed by atoms with Crippen molar-refractivity contribution in [3.63, 3.8) is 0 Å². The maximum absolute atomic E-state index is 13.4. The predicted octanol–water partition coefficient (Wildman–Crippen LogP) is 5.32. The first kappa shape index (κ1) is 19.9. The van der Waals surface area contributed by atoms with E-state index in [2.05, 4.69) is 10.4 Å². The second-order valence-electron chi connectivity index (χ2n) is 6.83. The average Bonchev–Trinajstić information content (AvgIpc) is 3.10. The Hall–Kier alpha value is -3.44. The molecule has 0 saturated heterocycles. The van der Waals surface area contributed by atoms with Crippen molar-refractivity contribution in [3.8, 4) is 11.3 Å². The summed E-state index contributed by atoms with van der Waals surface area (Å²) >= 11 is 6.61. The van der Waals surface area contributed by atoms with E-state index >= 15 is 0 Å². The van der Waals surface area contributed by atoms with E-state index in [-0.39, 0.29) is 22.4 Å². The van der Waals surface area contributed by atoms with Crippen LogP contribution in [0.1, 0.15) is 21.6 Å². The Morgan fingerprint density at radius 1 is 0.900 bits per heavy atom. The minimum Gasteiger partial charge on any atom is -0.347 e. The third-order valence-electron chi connectivity index (χ3n) is 4.70. The molecule has 1 heterocycles. The van der Waals surface area contributed by atoms with Gasteiger partial charge in [-0.1, -0.05) is 72.3 Å². The summed E-state index contributed by atoms with van der Waals surface area (Å²) in [5.74, 6) is -0.705. The minimum atomic E-state index is -0.362. The number of aromatic nitrogens is 2. The highest BCUT2D eigenvalue weighted by atomic mass is 35.5. The van der Waals surface area contributed by atoms with Crippen LogP contribution in [0.15, 0.2) is 84.9 Å². The van der Waals surface area contributed by atoms with Gasteiger partial charge in [-0.25, -0.2) is 4.39 Å². The summed E-state index contributed by atoms with van der Waals surface area (Å²) in [5, 5.41) is 7.60. The Labute approximate surface area is 178 Å². The Balaban J connectivity index is 1.67. The first-order valence-electron chi connectivity index (χ1n) is 9.50. The highest BCUT2D eigenvalue weighted by molar-refractivity contribution is 6.36. The van der Waals surface area contributed by atoms with Gasteiger partial charge in [-0.3, -0.25) is 9.48 Å². The molecule has 0 atom stereocenters. The average molecular weight is 420 g/mol. The van der Waals surface area contributed by atoms with E-state index in [1.165, 1.54) is 12.1 Å². The molecule has 0 radical (unpaired) electrons. The summed E-state index contributed by atoms with van der Waals surface area (Å²) in [6, 6.07) is 25.3. The summed E-state index contributed by atoms with van der Waals surface area (Å²) in [4.78, 5) is 12.8. The van der Waals surface area contributed by atoms with Crippen molar-refractivity contribution in [2.45, 2.75) is 13.1 Å². The van der Waals surface area contributed by atoms with E-state index in [4.69, 9.17) is 11.6 Å². The molecule has 4 nitrogen and oxygen atoms in total. The largest absolute Gasteiger partial charge is 0.347 e. The first-order valence-corrected chi connectivity index (χ1v) is 9.88. The van der Waals surface area contributed by atoms with Crippen molar-refractivity contribution in [2.24, 2.45) is 0 Å². The van der Waals surface area contributed by atoms with E-state index < -0.39 is 0 Å². The lowest BCUT2D eigenvalue weighted by atomic mass is 10.1. The molecular weight excluding hydrogens is 401 g/mol. The minimum absolute atomic E-state index is 0.142. The number of hydrogen-bond acceptors (Lipinski definition) is 2. The van der Waals surface area contributed by atoms with Gasteiger partial charge in [-0.2, -0.15) is 5.10 Å². The number of halogens is 2. The smallest absolute Gasteiger partial charge is 0.273 e. The van der Waals surface area contributed by atoms with Gasteiger partial charge < -0.3 is 5.32 Å². The summed E-state index contributed by atoms with van der Waals surface area (Å²) in [7, 11) is 0. The molecule has 0 saturated carbocycles. The fourth-order valence-electron chi connectivity index (χ4n) is 3.20. The van der Waals surface area contributed by atoms with Gasteiger partial charge in [0.05, 0.1) is 17.3 Å². The van der Waals surface area contributed by atoms with Gasteiger partial charge in [-0.05, 0) is 35.4 Å². The molecule has 0 bridgehead atoms. The molecule has 0 fully saturated rings. The van der Waals surface area contributed by atoms with E-state index in [1.807, 2.05) is 60.7 Å². The number of rotatable bonds is 6. The lowest BCUT2D eigenvalue weighted by Gasteiger charge is -2.08. The number of amides is 1. The van der Waals surface area contributed by atoms with Gasteiger partial charge in [0.15, 0.2) is 5.69 Å². The van der Waals surface area contributed by atoms with Crippen LogP contribution in [0.5, 0.6) is 0 Å². The molecule has 4 rings (SSSR count). The Bertz CT molecular complexity index is 1140. The molecule has 30 heavy (non-hydrogen) atoms. The van der Waals surface area contributed by atoms with Crippen molar-refractivity contribution in [1.82, 2.24) is 15.1 Å². The molecule has 150 valence electrons. The zero-order valence-electron chi connectivity index (χ0n) is 16.1. The normalized spacial score (nSPS) is 10.7. The molecule has 1 amide bonds. The third-order valence-corrected chi connectivity index (χ3v) is 5.06. The molecule has 3 aromatic carbocycles. The van der Waals surface area contributed by atoms with Crippen LogP contribution in [0.4, 0.5) is 4.39 Å². The standard InChI is InChI=1S/C24H19ClFN3O/c25-21-22(24(30)27-15-17-7-3-1-4-8-17)28-29(16-18-9-5-2-6-10-18)23(21)19-11-13-20(26)14-12-19/h1-14H,15-16H2,(H,27,30). The van der Waals surface area contributed by atoms with Gasteiger partial charge in [-0.15, -0.1) is 0 Å². The van der Waals surface area contributed by atoms with Gasteiger partial charge in [0.1, 0.15) is 5.82 Å². The summed E-state index contributed by atoms with van der Waals surface area (Å²) in [6.07, 6.45) is 0. The van der Waals surface area contributed by atoms with Crippen LogP contribution < -0.4 is 5.32 Å². The fraction of sp³-hybridized carbons (Fsp3) is 0.0833. The molecule has 0 aliphatic rings. The highest BCUT2D eigenvalue weighted by Gasteiger charge is 2.23. The number of hydrogen-bond donors (Lipinski definition) is 1. The zero-order valence-corrected chi connectivity index (χ0v) is 16.8. The fourth-order valence-corrected chi connectivity index (χ4v) is 3.53. The lowest BCUT2D eigenvalue weighted by molar-refractivity contribution is 0.0945.